The van der Waals surface area contributed by atoms with Gasteiger partial charge in [-0.2, -0.15) is 5.26 Å². The van der Waals surface area contributed by atoms with Crippen molar-refractivity contribution in [3.63, 3.8) is 0 Å². The molecule has 82 valence electrons. The van der Waals surface area contributed by atoms with E-state index in [1.807, 2.05) is 6.07 Å². The van der Waals surface area contributed by atoms with Crippen molar-refractivity contribution in [2.45, 2.75) is 12.8 Å². The number of likely N-dealkylation sites (N-methyl/N-ethyl adjacent to an activating group) is 2. The molecule has 0 aliphatic heterocycles. The molecular formula is C10H15N3O2. The molecule has 0 aromatic carbocycles. The second kappa shape index (κ2) is 3.89. The van der Waals surface area contributed by atoms with E-state index in [1.165, 1.54) is 9.80 Å². The first-order chi connectivity index (χ1) is 6.93. The summed E-state index contributed by atoms with van der Waals surface area (Å²) in [4.78, 5) is 25.8. The fourth-order valence-corrected chi connectivity index (χ4v) is 1.28. The average molecular weight is 209 g/mol. The van der Waals surface area contributed by atoms with Crippen LogP contribution in [0.15, 0.2) is 0 Å². The van der Waals surface area contributed by atoms with E-state index in [4.69, 9.17) is 5.26 Å². The zero-order chi connectivity index (χ0) is 11.6. The number of amides is 2. The van der Waals surface area contributed by atoms with Crippen molar-refractivity contribution in [1.29, 1.82) is 5.26 Å². The number of carbonyl (C=O) groups is 2. The van der Waals surface area contributed by atoms with Gasteiger partial charge in [-0.1, -0.05) is 0 Å². The van der Waals surface area contributed by atoms with Gasteiger partial charge in [0.15, 0.2) is 0 Å². The van der Waals surface area contributed by atoms with Crippen molar-refractivity contribution in [1.82, 2.24) is 9.80 Å². The molecule has 5 heteroatoms. The van der Waals surface area contributed by atoms with Crippen molar-refractivity contribution < 1.29 is 9.59 Å². The minimum atomic E-state index is -0.832. The first-order valence-corrected chi connectivity index (χ1v) is 4.80. The van der Waals surface area contributed by atoms with Gasteiger partial charge >= 0.3 is 0 Å². The molecule has 0 unspecified atom stereocenters. The molecule has 1 saturated carbocycles. The Bertz CT molecular complexity index is 326. The molecule has 0 radical (unpaired) electrons. The van der Waals surface area contributed by atoms with Crippen LogP contribution < -0.4 is 0 Å². The van der Waals surface area contributed by atoms with Gasteiger partial charge in [-0.05, 0) is 12.8 Å². The van der Waals surface area contributed by atoms with Crippen LogP contribution in [-0.2, 0) is 9.59 Å². The third kappa shape index (κ3) is 2.27. The molecular weight excluding hydrogens is 194 g/mol. The van der Waals surface area contributed by atoms with Gasteiger partial charge in [0.2, 0.25) is 11.8 Å². The van der Waals surface area contributed by atoms with E-state index in [-0.39, 0.29) is 18.4 Å². The summed E-state index contributed by atoms with van der Waals surface area (Å²) in [5, 5.41) is 8.83. The van der Waals surface area contributed by atoms with Crippen LogP contribution in [0.4, 0.5) is 0 Å². The maximum Gasteiger partial charge on any atom is 0.243 e. The van der Waals surface area contributed by atoms with E-state index in [2.05, 4.69) is 0 Å². The van der Waals surface area contributed by atoms with Crippen LogP contribution in [0.3, 0.4) is 0 Å². The minimum absolute atomic E-state index is 0.0370. The van der Waals surface area contributed by atoms with Crippen LogP contribution in [0.2, 0.25) is 0 Å². The Balaban J connectivity index is 2.56. The Kier molecular flexibility index (Phi) is 2.98. The van der Waals surface area contributed by atoms with Crippen LogP contribution in [0.5, 0.6) is 0 Å². The number of nitriles is 1. The van der Waals surface area contributed by atoms with Gasteiger partial charge in [-0.15, -0.1) is 0 Å². The van der Waals surface area contributed by atoms with Gasteiger partial charge in [0.05, 0.1) is 12.6 Å². The molecule has 1 fully saturated rings. The van der Waals surface area contributed by atoms with E-state index in [1.54, 1.807) is 21.1 Å². The summed E-state index contributed by atoms with van der Waals surface area (Å²) in [6, 6.07) is 2.02. The number of hydrogen-bond acceptors (Lipinski definition) is 3. The predicted molar refractivity (Wildman–Crippen MR) is 53.6 cm³/mol. The summed E-state index contributed by atoms with van der Waals surface area (Å²) in [7, 11) is 4.83. The smallest absolute Gasteiger partial charge is 0.243 e. The first-order valence-electron chi connectivity index (χ1n) is 4.80. The summed E-state index contributed by atoms with van der Waals surface area (Å²) in [5.41, 5.74) is -0.832. The molecule has 0 N–H and O–H groups in total. The van der Waals surface area contributed by atoms with E-state index < -0.39 is 5.41 Å². The molecule has 0 saturated heterocycles. The van der Waals surface area contributed by atoms with E-state index in [0.717, 1.165) is 0 Å². The molecule has 2 amide bonds. The maximum absolute atomic E-state index is 11.7. The van der Waals surface area contributed by atoms with Gasteiger partial charge in [-0.3, -0.25) is 9.59 Å². The first kappa shape index (κ1) is 11.5. The van der Waals surface area contributed by atoms with E-state index in [9.17, 15) is 9.59 Å². The third-order valence-electron chi connectivity index (χ3n) is 2.59. The average Bonchev–Trinajstić information content (AvgIpc) is 2.96. The zero-order valence-electron chi connectivity index (χ0n) is 9.28. The highest BCUT2D eigenvalue weighted by Gasteiger charge is 2.52. The van der Waals surface area contributed by atoms with Crippen molar-refractivity contribution in [2.75, 3.05) is 27.7 Å². The summed E-state index contributed by atoms with van der Waals surface area (Å²) in [6.07, 6.45) is 1.23. The van der Waals surface area contributed by atoms with Crippen molar-refractivity contribution >= 4 is 11.8 Å². The SMILES string of the molecule is CN(C)C(=O)CN(C)C(=O)C1(C#N)CC1. The van der Waals surface area contributed by atoms with Crippen molar-refractivity contribution in [3.8, 4) is 6.07 Å². The fraction of sp³-hybridized carbons (Fsp3) is 0.700. The molecule has 0 spiro atoms. The summed E-state index contributed by atoms with van der Waals surface area (Å²) in [5.74, 6) is -0.375. The van der Waals surface area contributed by atoms with Gasteiger partial charge in [0.25, 0.3) is 0 Å². The Morgan fingerprint density at radius 2 is 1.87 bits per heavy atom. The van der Waals surface area contributed by atoms with Crippen LogP contribution in [-0.4, -0.2) is 49.3 Å². The molecule has 0 aromatic heterocycles. The maximum atomic E-state index is 11.7. The number of rotatable bonds is 3. The van der Waals surface area contributed by atoms with Crippen LogP contribution in [0.25, 0.3) is 0 Å². The molecule has 1 rings (SSSR count). The number of nitrogens with zero attached hydrogens (tertiary/aromatic N) is 3. The van der Waals surface area contributed by atoms with Gasteiger partial charge in [-0.25, -0.2) is 0 Å². The van der Waals surface area contributed by atoms with Gasteiger partial charge < -0.3 is 9.80 Å². The lowest BCUT2D eigenvalue weighted by atomic mass is 10.1. The van der Waals surface area contributed by atoms with Gasteiger partial charge in [0.1, 0.15) is 5.41 Å². The summed E-state index contributed by atoms with van der Waals surface area (Å²) < 4.78 is 0. The summed E-state index contributed by atoms with van der Waals surface area (Å²) in [6.45, 7) is 0.0370. The molecule has 0 atom stereocenters. The Hall–Kier alpha value is -1.57. The molecule has 5 nitrogen and oxygen atoms in total. The normalized spacial score (nSPS) is 16.4. The largest absolute Gasteiger partial charge is 0.347 e. The second-order valence-corrected chi connectivity index (χ2v) is 4.14. The highest BCUT2D eigenvalue weighted by atomic mass is 16.2. The van der Waals surface area contributed by atoms with Gasteiger partial charge in [0, 0.05) is 21.1 Å². The highest BCUT2D eigenvalue weighted by molar-refractivity contribution is 5.91. The Morgan fingerprint density at radius 3 is 2.20 bits per heavy atom. The minimum Gasteiger partial charge on any atom is -0.347 e. The lowest BCUT2D eigenvalue weighted by Crippen LogP contribution is -2.40. The Labute approximate surface area is 89.3 Å². The van der Waals surface area contributed by atoms with Crippen molar-refractivity contribution in [2.24, 2.45) is 5.41 Å². The Morgan fingerprint density at radius 1 is 1.33 bits per heavy atom. The molecule has 0 aromatic rings. The topological polar surface area (TPSA) is 64.4 Å². The molecule has 1 aliphatic rings. The highest BCUT2D eigenvalue weighted by Crippen LogP contribution is 2.46. The van der Waals surface area contributed by atoms with Crippen LogP contribution in [0, 0.1) is 16.7 Å². The van der Waals surface area contributed by atoms with Crippen LogP contribution >= 0.6 is 0 Å². The number of hydrogen-bond donors (Lipinski definition) is 0. The number of carbonyl (C=O) groups excluding carboxylic acids is 2. The van der Waals surface area contributed by atoms with Crippen molar-refractivity contribution in [3.05, 3.63) is 0 Å². The predicted octanol–water partition coefficient (Wildman–Crippen LogP) is -0.163. The standard InChI is InChI=1S/C10H15N3O2/c1-12(2)8(14)6-13(3)9(15)10(7-11)4-5-10/h4-6H2,1-3H3. The zero-order valence-corrected chi connectivity index (χ0v) is 9.28. The lowest BCUT2D eigenvalue weighted by Gasteiger charge is -2.21. The molecule has 15 heavy (non-hydrogen) atoms. The third-order valence-corrected chi connectivity index (χ3v) is 2.59. The molecule has 0 heterocycles. The fourth-order valence-electron chi connectivity index (χ4n) is 1.28. The van der Waals surface area contributed by atoms with Crippen LogP contribution in [0.1, 0.15) is 12.8 Å². The monoisotopic (exact) mass is 209 g/mol. The van der Waals surface area contributed by atoms with E-state index >= 15 is 0 Å². The summed E-state index contributed by atoms with van der Waals surface area (Å²) >= 11 is 0. The molecule has 1 aliphatic carbocycles. The molecule has 0 bridgehead atoms. The quantitative estimate of drug-likeness (QED) is 0.648. The van der Waals surface area contributed by atoms with E-state index in [0.29, 0.717) is 12.8 Å². The second-order valence-electron chi connectivity index (χ2n) is 4.14. The lowest BCUT2D eigenvalue weighted by molar-refractivity contribution is -0.140.